The largest absolute Gasteiger partial charge is 0.322 e. The SMILES string of the molecule is NNc1cnccc1C(=O)Nc1ccccc1I. The van der Waals surface area contributed by atoms with Crippen molar-refractivity contribution in [1.29, 1.82) is 0 Å². The van der Waals surface area contributed by atoms with E-state index in [1.807, 2.05) is 24.3 Å². The molecule has 1 aromatic heterocycles. The molecule has 1 aromatic carbocycles. The molecule has 0 fully saturated rings. The number of carbonyl (C=O) groups is 1. The zero-order valence-electron chi connectivity index (χ0n) is 9.35. The first-order valence-electron chi connectivity index (χ1n) is 5.19. The van der Waals surface area contributed by atoms with Gasteiger partial charge in [-0.05, 0) is 40.8 Å². The van der Waals surface area contributed by atoms with E-state index in [1.54, 1.807) is 12.3 Å². The number of amides is 1. The lowest BCUT2D eigenvalue weighted by Gasteiger charge is -2.10. The number of carbonyl (C=O) groups excluding carboxylic acids is 1. The zero-order valence-corrected chi connectivity index (χ0v) is 11.5. The first kappa shape index (κ1) is 12.8. The fourth-order valence-electron chi connectivity index (χ4n) is 1.46. The quantitative estimate of drug-likeness (QED) is 0.449. The van der Waals surface area contributed by atoms with Crippen molar-refractivity contribution in [3.63, 3.8) is 0 Å². The van der Waals surface area contributed by atoms with Crippen molar-refractivity contribution >= 4 is 39.9 Å². The van der Waals surface area contributed by atoms with Gasteiger partial charge in [0, 0.05) is 9.77 Å². The molecule has 2 aromatic rings. The van der Waals surface area contributed by atoms with Gasteiger partial charge in [-0.3, -0.25) is 15.6 Å². The molecule has 6 heteroatoms. The molecule has 18 heavy (non-hydrogen) atoms. The van der Waals surface area contributed by atoms with E-state index in [0.29, 0.717) is 11.3 Å². The van der Waals surface area contributed by atoms with Gasteiger partial charge >= 0.3 is 0 Å². The molecule has 0 saturated heterocycles. The number of rotatable bonds is 3. The minimum atomic E-state index is -0.227. The summed E-state index contributed by atoms with van der Waals surface area (Å²) in [6, 6.07) is 9.16. The summed E-state index contributed by atoms with van der Waals surface area (Å²) in [5, 5.41) is 2.83. The van der Waals surface area contributed by atoms with Gasteiger partial charge in [0.15, 0.2) is 0 Å². The first-order chi connectivity index (χ1) is 8.72. The van der Waals surface area contributed by atoms with Crippen LogP contribution < -0.4 is 16.6 Å². The minimum Gasteiger partial charge on any atom is -0.322 e. The third-order valence-electron chi connectivity index (χ3n) is 2.34. The topological polar surface area (TPSA) is 80.0 Å². The van der Waals surface area contributed by atoms with Gasteiger partial charge in [-0.15, -0.1) is 0 Å². The van der Waals surface area contributed by atoms with E-state index >= 15 is 0 Å². The highest BCUT2D eigenvalue weighted by molar-refractivity contribution is 14.1. The second-order valence-corrected chi connectivity index (χ2v) is 4.66. The van der Waals surface area contributed by atoms with Crippen molar-refractivity contribution in [2.45, 2.75) is 0 Å². The molecule has 2 rings (SSSR count). The van der Waals surface area contributed by atoms with Gasteiger partial charge in [0.1, 0.15) is 0 Å². The Morgan fingerprint density at radius 2 is 2.00 bits per heavy atom. The van der Waals surface area contributed by atoms with Crippen LogP contribution >= 0.6 is 22.6 Å². The smallest absolute Gasteiger partial charge is 0.257 e. The number of nitrogen functional groups attached to an aromatic ring is 1. The van der Waals surface area contributed by atoms with Crippen LogP contribution in [0.3, 0.4) is 0 Å². The number of aromatic nitrogens is 1. The van der Waals surface area contributed by atoms with E-state index in [2.05, 4.69) is 38.3 Å². The maximum absolute atomic E-state index is 12.1. The summed E-state index contributed by atoms with van der Waals surface area (Å²) in [6.45, 7) is 0. The zero-order chi connectivity index (χ0) is 13.0. The maximum Gasteiger partial charge on any atom is 0.257 e. The highest BCUT2D eigenvalue weighted by Crippen LogP contribution is 2.19. The Labute approximate surface area is 118 Å². The third kappa shape index (κ3) is 2.77. The summed E-state index contributed by atoms with van der Waals surface area (Å²) in [5.41, 5.74) is 4.16. The van der Waals surface area contributed by atoms with Crippen LogP contribution in [0.5, 0.6) is 0 Å². The van der Waals surface area contributed by atoms with Crippen molar-refractivity contribution in [3.05, 3.63) is 51.9 Å². The van der Waals surface area contributed by atoms with Crippen molar-refractivity contribution in [3.8, 4) is 0 Å². The average Bonchev–Trinajstić information content (AvgIpc) is 2.41. The lowest BCUT2D eigenvalue weighted by molar-refractivity contribution is 0.102. The molecule has 92 valence electrons. The number of anilines is 2. The van der Waals surface area contributed by atoms with E-state index in [-0.39, 0.29) is 5.91 Å². The van der Waals surface area contributed by atoms with Crippen LogP contribution in [0.25, 0.3) is 0 Å². The number of nitrogens with one attached hydrogen (secondary N) is 2. The number of hydrogen-bond acceptors (Lipinski definition) is 4. The molecule has 0 bridgehead atoms. The van der Waals surface area contributed by atoms with Gasteiger partial charge in [-0.1, -0.05) is 12.1 Å². The predicted octanol–water partition coefficient (Wildman–Crippen LogP) is 2.22. The Hall–Kier alpha value is -1.67. The van der Waals surface area contributed by atoms with Crippen LogP contribution in [-0.2, 0) is 0 Å². The van der Waals surface area contributed by atoms with Gasteiger partial charge < -0.3 is 10.7 Å². The van der Waals surface area contributed by atoms with Gasteiger partial charge in [0.2, 0.25) is 0 Å². The van der Waals surface area contributed by atoms with Crippen molar-refractivity contribution in [2.24, 2.45) is 5.84 Å². The molecule has 0 aliphatic carbocycles. The highest BCUT2D eigenvalue weighted by atomic mass is 127. The number of nitrogens with zero attached hydrogens (tertiary/aromatic N) is 1. The summed E-state index contributed by atoms with van der Waals surface area (Å²) in [5.74, 6) is 5.11. The van der Waals surface area contributed by atoms with Gasteiger partial charge in [-0.2, -0.15) is 0 Å². The fourth-order valence-corrected chi connectivity index (χ4v) is 1.98. The van der Waals surface area contributed by atoms with E-state index in [4.69, 9.17) is 5.84 Å². The third-order valence-corrected chi connectivity index (χ3v) is 3.28. The first-order valence-corrected chi connectivity index (χ1v) is 6.26. The Balaban J connectivity index is 2.25. The summed E-state index contributed by atoms with van der Waals surface area (Å²) in [6.07, 6.45) is 3.05. The summed E-state index contributed by atoms with van der Waals surface area (Å²) in [4.78, 5) is 16.0. The molecular weight excluding hydrogens is 343 g/mol. The number of pyridine rings is 1. The van der Waals surface area contributed by atoms with Gasteiger partial charge in [0.25, 0.3) is 5.91 Å². The van der Waals surface area contributed by atoms with E-state index in [1.165, 1.54) is 6.20 Å². The standard InChI is InChI=1S/C12H11IN4O/c13-9-3-1-2-4-10(9)16-12(18)8-5-6-15-7-11(8)17-14/h1-7,17H,14H2,(H,16,18). The van der Waals surface area contributed by atoms with Gasteiger partial charge in [0.05, 0.1) is 23.1 Å². The number of nitrogens with two attached hydrogens (primary N) is 1. The molecule has 0 unspecified atom stereocenters. The number of hydrazine groups is 1. The van der Waals surface area contributed by atoms with Crippen LogP contribution in [-0.4, -0.2) is 10.9 Å². The normalized spacial score (nSPS) is 9.89. The Morgan fingerprint density at radius 1 is 1.22 bits per heavy atom. The number of benzene rings is 1. The summed E-state index contributed by atoms with van der Waals surface area (Å²) in [7, 11) is 0. The van der Waals surface area contributed by atoms with Crippen LogP contribution in [0.4, 0.5) is 11.4 Å². The lowest BCUT2D eigenvalue weighted by Crippen LogP contribution is -2.17. The molecule has 0 aliphatic rings. The monoisotopic (exact) mass is 354 g/mol. The van der Waals surface area contributed by atoms with Crippen LogP contribution in [0, 0.1) is 3.57 Å². The maximum atomic E-state index is 12.1. The molecular formula is C12H11IN4O. The Bertz CT molecular complexity index is 574. The second kappa shape index (κ2) is 5.78. The Kier molecular flexibility index (Phi) is 4.11. The average molecular weight is 354 g/mol. The molecule has 1 heterocycles. The molecule has 0 aliphatic heterocycles. The summed E-state index contributed by atoms with van der Waals surface area (Å²) >= 11 is 2.16. The minimum absolute atomic E-state index is 0.227. The van der Waals surface area contributed by atoms with Crippen molar-refractivity contribution < 1.29 is 4.79 Å². The molecule has 1 amide bonds. The fraction of sp³-hybridized carbons (Fsp3) is 0. The Morgan fingerprint density at radius 3 is 2.72 bits per heavy atom. The van der Waals surface area contributed by atoms with E-state index in [0.717, 1.165) is 9.26 Å². The van der Waals surface area contributed by atoms with Gasteiger partial charge in [-0.25, -0.2) is 0 Å². The van der Waals surface area contributed by atoms with Crippen LogP contribution in [0.2, 0.25) is 0 Å². The van der Waals surface area contributed by atoms with Crippen molar-refractivity contribution in [1.82, 2.24) is 4.98 Å². The number of hydrogen-bond donors (Lipinski definition) is 3. The molecule has 0 spiro atoms. The van der Waals surface area contributed by atoms with Crippen LogP contribution in [0.15, 0.2) is 42.7 Å². The van der Waals surface area contributed by atoms with E-state index in [9.17, 15) is 4.79 Å². The molecule has 5 nitrogen and oxygen atoms in total. The van der Waals surface area contributed by atoms with Crippen LogP contribution in [0.1, 0.15) is 10.4 Å². The highest BCUT2D eigenvalue weighted by Gasteiger charge is 2.11. The van der Waals surface area contributed by atoms with Crippen molar-refractivity contribution in [2.75, 3.05) is 10.7 Å². The second-order valence-electron chi connectivity index (χ2n) is 3.50. The van der Waals surface area contributed by atoms with E-state index < -0.39 is 0 Å². The lowest BCUT2D eigenvalue weighted by atomic mass is 10.2. The summed E-state index contributed by atoms with van der Waals surface area (Å²) < 4.78 is 0.972. The number of halogens is 1. The molecule has 0 radical (unpaired) electrons. The number of para-hydroxylation sites is 1. The predicted molar refractivity (Wildman–Crippen MR) is 79.2 cm³/mol. The molecule has 0 atom stereocenters. The molecule has 4 N–H and O–H groups in total. The molecule has 0 saturated carbocycles.